The molecule has 0 saturated heterocycles. The van der Waals surface area contributed by atoms with Crippen LogP contribution in [0.25, 0.3) is 22.2 Å². The van der Waals surface area contributed by atoms with Crippen LogP contribution in [-0.2, 0) is 0 Å². The summed E-state index contributed by atoms with van der Waals surface area (Å²) in [4.78, 5) is 65.3. The number of rotatable bonds is 18. The Balaban J connectivity index is 0.000000311. The summed E-state index contributed by atoms with van der Waals surface area (Å²) < 4.78 is 5.56. The van der Waals surface area contributed by atoms with Crippen LogP contribution in [0, 0.1) is 5.41 Å². The van der Waals surface area contributed by atoms with Crippen molar-refractivity contribution in [2.45, 2.75) is 99.4 Å². The van der Waals surface area contributed by atoms with Crippen LogP contribution < -0.4 is 19.9 Å². The van der Waals surface area contributed by atoms with Gasteiger partial charge in [-0.3, -0.25) is 14.6 Å². The van der Waals surface area contributed by atoms with Gasteiger partial charge in [0.25, 0.3) is 11.8 Å². The van der Waals surface area contributed by atoms with Crippen molar-refractivity contribution < 1.29 is 29.4 Å². The molecule has 14 heteroatoms. The topological polar surface area (TPSA) is 213 Å². The first kappa shape index (κ1) is 46.5. The molecule has 0 fully saturated rings. The molecule has 314 valence electrons. The van der Waals surface area contributed by atoms with Crippen LogP contribution in [0.3, 0.4) is 0 Å². The van der Waals surface area contributed by atoms with E-state index in [1.54, 1.807) is 36.5 Å². The monoisotopic (exact) mass is 913 g/mol. The van der Waals surface area contributed by atoms with E-state index in [0.29, 0.717) is 16.7 Å². The molecule has 0 aliphatic carbocycles. The number of amides is 2. The molecule has 5 aromatic rings. The van der Waals surface area contributed by atoms with Crippen molar-refractivity contribution in [3.63, 3.8) is 0 Å². The van der Waals surface area contributed by atoms with Crippen molar-refractivity contribution in [3.8, 4) is 11.1 Å². The summed E-state index contributed by atoms with van der Waals surface area (Å²) in [6.45, 7) is 12.2. The Hall–Kier alpha value is -5.15. The molecule has 13 nitrogen and oxygen atoms in total. The summed E-state index contributed by atoms with van der Waals surface area (Å²) >= 11 is -2.48. The molecule has 0 aliphatic rings. The third-order valence-corrected chi connectivity index (χ3v) is 26.4. The van der Waals surface area contributed by atoms with Crippen molar-refractivity contribution in [2.75, 3.05) is 17.7 Å². The summed E-state index contributed by atoms with van der Waals surface area (Å²) in [7, 11) is 0. The molecule has 7 N–H and O–H groups in total. The number of nitrogens with one attached hydrogen (secondary N) is 3. The fourth-order valence-corrected chi connectivity index (χ4v) is 23.7. The number of aromatic nitrogens is 4. The zero-order chi connectivity index (χ0) is 43.2. The predicted octanol–water partition coefficient (Wildman–Crippen LogP) is 8.24. The number of pyridine rings is 2. The average Bonchev–Trinajstić information content (AvgIpc) is 3.61. The van der Waals surface area contributed by atoms with E-state index in [9.17, 15) is 29.4 Å². The number of hydrogen-bond acceptors (Lipinski definition) is 9. The minimum atomic E-state index is -2.48. The zero-order valence-corrected chi connectivity index (χ0v) is 38.0. The number of hydrogen-bond donors (Lipinski definition) is 6. The van der Waals surface area contributed by atoms with E-state index in [4.69, 9.17) is 5.73 Å². The standard InChI is InChI=1S/C27H28N6O5.C6H4NO.3C4H9.Sn/c1-27(2,3)21(13-34)33-23(35)14-6-8-16(18(11-14)25(37)38)17-5-4-10-29-22(17)24(36)30-15-7-9-19-20(12-15)32-26(28)31-19;8-5-6-3-1-2-4-7-6;3*1-3-4-2;/h4-12,21,34H,13H2,1-3H3,(H,30,36)(H,33,35)(H,37,38)(H3,28,31,32);1-2,4-5H;3*1,3-4H2,2H3;/t21-;;;;;/m1...../s1. The molecule has 0 radical (unpaired) electrons. The van der Waals surface area contributed by atoms with Gasteiger partial charge in [-0.05, 0) is 47.4 Å². The molecule has 2 aromatic carbocycles. The maximum atomic E-state index is 13.2. The number of nitrogens with zero attached hydrogens (tertiary/aromatic N) is 3. The fraction of sp³-hybridized carbons (Fsp3) is 0.400. The summed E-state index contributed by atoms with van der Waals surface area (Å²) in [5, 5.41) is 25.1. The Morgan fingerprint density at radius 3 is 2.10 bits per heavy atom. The van der Waals surface area contributed by atoms with E-state index in [1.165, 1.54) is 79.8 Å². The van der Waals surface area contributed by atoms with Crippen LogP contribution in [-0.4, -0.2) is 85.2 Å². The van der Waals surface area contributed by atoms with Gasteiger partial charge in [0.15, 0.2) is 5.95 Å². The number of benzene rings is 2. The molecule has 0 saturated carbocycles. The first-order valence-corrected chi connectivity index (χ1v) is 27.9. The number of aldehydes is 1. The number of carbonyl (C=O) groups excluding carboxylic acids is 3. The molecular formula is C45H59N7O6Sn. The molecule has 1 atom stereocenters. The number of carboxylic acid groups (broad SMARTS) is 1. The van der Waals surface area contributed by atoms with Gasteiger partial charge in [-0.1, -0.05) is 32.9 Å². The van der Waals surface area contributed by atoms with Crippen LogP contribution in [0.2, 0.25) is 13.3 Å². The number of unbranched alkanes of at least 4 members (excludes halogenated alkanes) is 3. The van der Waals surface area contributed by atoms with Crippen LogP contribution >= 0.6 is 0 Å². The normalized spacial score (nSPS) is 12.0. The summed E-state index contributed by atoms with van der Waals surface area (Å²) in [6.07, 6.45) is 11.9. The van der Waals surface area contributed by atoms with E-state index < -0.39 is 47.6 Å². The second-order valence-corrected chi connectivity index (χ2v) is 29.1. The molecule has 59 heavy (non-hydrogen) atoms. The molecule has 0 unspecified atom stereocenters. The number of imidazole rings is 1. The number of carboxylic acids is 1. The SMILES string of the molecule is CC(C)(C)[C@@H](CO)NC(=O)c1ccc(-c2cccnc2C(=O)Nc2ccc3nc(N)[nH]c3c2)c(C(=O)O)c1.CCC[CH2][Sn]([CH2]CCC)([CH2]CCC)[c]1cccnc1C=O. The molecule has 3 heterocycles. The van der Waals surface area contributed by atoms with Crippen LogP contribution in [0.1, 0.15) is 122 Å². The predicted molar refractivity (Wildman–Crippen MR) is 237 cm³/mol. The zero-order valence-electron chi connectivity index (χ0n) is 35.1. The molecule has 0 aliphatic heterocycles. The van der Waals surface area contributed by atoms with Gasteiger partial charge in [0.05, 0.1) is 29.2 Å². The van der Waals surface area contributed by atoms with E-state index >= 15 is 0 Å². The van der Waals surface area contributed by atoms with Gasteiger partial charge >= 0.3 is 141 Å². The van der Waals surface area contributed by atoms with Crippen molar-refractivity contribution >= 4 is 68.7 Å². The summed E-state index contributed by atoms with van der Waals surface area (Å²) in [6, 6.07) is 16.1. The number of nitrogen functional groups attached to an aromatic ring is 1. The summed E-state index contributed by atoms with van der Waals surface area (Å²) in [5.74, 6) is -2.10. The van der Waals surface area contributed by atoms with Crippen molar-refractivity contribution in [1.29, 1.82) is 0 Å². The third kappa shape index (κ3) is 12.2. The molecule has 3 aromatic heterocycles. The summed E-state index contributed by atoms with van der Waals surface area (Å²) in [5.41, 5.74) is 8.20. The average molecular weight is 913 g/mol. The van der Waals surface area contributed by atoms with Crippen LogP contribution in [0.5, 0.6) is 0 Å². The Kier molecular flexibility index (Phi) is 17.1. The number of nitrogens with two attached hydrogens (primary N) is 1. The number of aromatic amines is 1. The van der Waals surface area contributed by atoms with Gasteiger partial charge in [0, 0.05) is 23.0 Å². The van der Waals surface area contributed by atoms with E-state index in [0.717, 1.165) is 12.0 Å². The van der Waals surface area contributed by atoms with Gasteiger partial charge in [0.1, 0.15) is 5.69 Å². The van der Waals surface area contributed by atoms with Gasteiger partial charge in [-0.25, -0.2) is 9.78 Å². The molecular weight excluding hydrogens is 853 g/mol. The number of aliphatic hydroxyl groups excluding tert-OH is 1. The van der Waals surface area contributed by atoms with E-state index in [1.807, 2.05) is 26.8 Å². The Morgan fingerprint density at radius 1 is 0.864 bits per heavy atom. The van der Waals surface area contributed by atoms with Crippen LogP contribution in [0.15, 0.2) is 73.1 Å². The number of carbonyl (C=O) groups is 4. The third-order valence-electron chi connectivity index (χ3n) is 10.7. The Bertz CT molecular complexity index is 2190. The second-order valence-electron chi connectivity index (χ2n) is 16.0. The van der Waals surface area contributed by atoms with Crippen molar-refractivity contribution in [3.05, 3.63) is 95.6 Å². The van der Waals surface area contributed by atoms with Gasteiger partial charge in [0.2, 0.25) is 0 Å². The number of fused-ring (bicyclic) bond motifs is 1. The quantitative estimate of drug-likeness (QED) is 0.0366. The molecule has 5 rings (SSSR count). The van der Waals surface area contributed by atoms with Crippen LogP contribution in [0.4, 0.5) is 11.6 Å². The van der Waals surface area contributed by atoms with E-state index in [2.05, 4.69) is 57.4 Å². The van der Waals surface area contributed by atoms with Crippen molar-refractivity contribution in [1.82, 2.24) is 25.3 Å². The minimum absolute atomic E-state index is 0.00417. The Morgan fingerprint density at radius 2 is 1.51 bits per heavy atom. The van der Waals surface area contributed by atoms with Crippen molar-refractivity contribution in [2.24, 2.45) is 5.41 Å². The van der Waals surface area contributed by atoms with Gasteiger partial charge < -0.3 is 31.6 Å². The number of anilines is 2. The number of aliphatic hydroxyl groups is 1. The molecule has 0 spiro atoms. The first-order valence-electron chi connectivity index (χ1n) is 20.4. The maximum absolute atomic E-state index is 13.2. The van der Waals surface area contributed by atoms with Gasteiger partial charge in [-0.15, -0.1) is 0 Å². The molecule has 0 bridgehead atoms. The molecule has 2 amide bonds. The number of aromatic carboxylic acids is 1. The number of H-pyrrole nitrogens is 1. The van der Waals surface area contributed by atoms with Gasteiger partial charge in [-0.2, -0.15) is 0 Å². The van der Waals surface area contributed by atoms with E-state index in [-0.39, 0.29) is 40.5 Å². The first-order chi connectivity index (χ1) is 28.2. The second kappa shape index (κ2) is 21.7. The fourth-order valence-electron chi connectivity index (χ4n) is 7.26. The Labute approximate surface area is 350 Å².